The predicted molar refractivity (Wildman–Crippen MR) is 116 cm³/mol. The van der Waals surface area contributed by atoms with Gasteiger partial charge in [-0.15, -0.1) is 11.3 Å². The Morgan fingerprint density at radius 3 is 2.84 bits per heavy atom. The fourth-order valence-electron chi connectivity index (χ4n) is 3.20. The lowest BCUT2D eigenvalue weighted by molar-refractivity contribution is 0.122. The highest BCUT2D eigenvalue weighted by Crippen LogP contribution is 2.36. The summed E-state index contributed by atoms with van der Waals surface area (Å²) in [4.78, 5) is 15.5. The number of aliphatic hydroxyl groups excluding tert-OH is 1. The van der Waals surface area contributed by atoms with Crippen molar-refractivity contribution in [2.75, 3.05) is 37.7 Å². The number of morpholine rings is 1. The van der Waals surface area contributed by atoms with Gasteiger partial charge in [0.25, 0.3) is 0 Å². The van der Waals surface area contributed by atoms with Gasteiger partial charge < -0.3 is 25.2 Å². The number of aliphatic hydroxyl groups is 1. The molecular weight excluding hydrogens is 416 g/mol. The van der Waals surface area contributed by atoms with E-state index in [0.29, 0.717) is 52.5 Å². The summed E-state index contributed by atoms with van der Waals surface area (Å²) in [6, 6.07) is 9.04. The average Bonchev–Trinajstić information content (AvgIpc) is 3.28. The molecule has 160 valence electrons. The van der Waals surface area contributed by atoms with Crippen molar-refractivity contribution < 1.29 is 14.6 Å². The Bertz CT molecular complexity index is 1110. The number of thiazole rings is 1. The van der Waals surface area contributed by atoms with E-state index in [1.54, 1.807) is 24.3 Å². The van der Waals surface area contributed by atoms with Crippen LogP contribution in [-0.2, 0) is 4.74 Å². The molecule has 0 spiro atoms. The number of hydrogen-bond donors (Lipinski definition) is 2. The molecule has 4 rings (SSSR count). The van der Waals surface area contributed by atoms with Gasteiger partial charge in [-0.2, -0.15) is 10.2 Å². The molecule has 3 heterocycles. The molecule has 1 aromatic carbocycles. The highest BCUT2D eigenvalue weighted by atomic mass is 32.1. The van der Waals surface area contributed by atoms with Crippen LogP contribution >= 0.6 is 11.3 Å². The maximum Gasteiger partial charge on any atom is 0.224 e. The molecule has 0 radical (unpaired) electrons. The molecule has 31 heavy (non-hydrogen) atoms. The van der Waals surface area contributed by atoms with Crippen LogP contribution in [0.5, 0.6) is 11.6 Å². The number of nitriles is 1. The zero-order valence-corrected chi connectivity index (χ0v) is 17.8. The summed E-state index contributed by atoms with van der Waals surface area (Å²) >= 11 is 1.32. The molecule has 9 nitrogen and oxygen atoms in total. The molecule has 2 aromatic heterocycles. The van der Waals surface area contributed by atoms with E-state index in [9.17, 15) is 10.4 Å². The number of aromatic nitrogens is 3. The number of nitrogens with zero attached hydrogens (tertiary/aromatic N) is 5. The smallest absolute Gasteiger partial charge is 0.224 e. The number of ether oxygens (including phenoxy) is 2. The van der Waals surface area contributed by atoms with Crippen molar-refractivity contribution in [1.82, 2.24) is 15.0 Å². The van der Waals surface area contributed by atoms with E-state index >= 15 is 0 Å². The summed E-state index contributed by atoms with van der Waals surface area (Å²) in [6.07, 6.45) is -0.818. The van der Waals surface area contributed by atoms with Gasteiger partial charge in [-0.3, -0.25) is 0 Å². The maximum atomic E-state index is 9.98. The molecule has 1 fully saturated rings. The molecule has 0 bridgehead atoms. The van der Waals surface area contributed by atoms with E-state index in [4.69, 9.17) is 15.2 Å². The number of nitrogens with two attached hydrogens (primary N) is 1. The highest BCUT2D eigenvalue weighted by Gasteiger charge is 2.18. The lowest BCUT2D eigenvalue weighted by atomic mass is 10.1. The predicted octanol–water partition coefficient (Wildman–Crippen LogP) is 2.40. The van der Waals surface area contributed by atoms with Gasteiger partial charge in [0.2, 0.25) is 5.88 Å². The summed E-state index contributed by atoms with van der Waals surface area (Å²) < 4.78 is 11.5. The van der Waals surface area contributed by atoms with Crippen LogP contribution in [0.4, 0.5) is 5.82 Å². The summed E-state index contributed by atoms with van der Waals surface area (Å²) in [5, 5.41) is 21.7. The number of hydrogen-bond acceptors (Lipinski definition) is 10. The van der Waals surface area contributed by atoms with Crippen molar-refractivity contribution in [3.05, 3.63) is 46.0 Å². The Balaban J connectivity index is 1.69. The Morgan fingerprint density at radius 2 is 2.10 bits per heavy atom. The van der Waals surface area contributed by atoms with Crippen LogP contribution in [0.25, 0.3) is 11.3 Å². The van der Waals surface area contributed by atoms with Crippen LogP contribution < -0.4 is 15.4 Å². The van der Waals surface area contributed by atoms with Gasteiger partial charge in [-0.05, 0) is 25.1 Å². The Kier molecular flexibility index (Phi) is 6.39. The largest absolute Gasteiger partial charge is 0.438 e. The minimum absolute atomic E-state index is 0.0915. The maximum absolute atomic E-state index is 9.98. The Morgan fingerprint density at radius 1 is 1.29 bits per heavy atom. The molecule has 3 N–H and O–H groups in total. The van der Waals surface area contributed by atoms with Gasteiger partial charge >= 0.3 is 0 Å². The van der Waals surface area contributed by atoms with Crippen LogP contribution in [-0.4, -0.2) is 52.9 Å². The zero-order chi connectivity index (χ0) is 21.8. The molecule has 1 unspecified atom stereocenters. The molecule has 0 aliphatic carbocycles. The van der Waals surface area contributed by atoms with Gasteiger partial charge in [0.05, 0.1) is 30.5 Å². The first kappa shape index (κ1) is 21.1. The molecule has 1 saturated heterocycles. The molecule has 0 amide bonds. The summed E-state index contributed by atoms with van der Waals surface area (Å²) in [5.74, 6) is 2.18. The molecule has 10 heteroatoms. The lowest BCUT2D eigenvalue weighted by Crippen LogP contribution is -2.36. The lowest BCUT2D eigenvalue weighted by Gasteiger charge is -2.28. The molecule has 1 aliphatic heterocycles. The van der Waals surface area contributed by atoms with E-state index in [2.05, 4.69) is 25.9 Å². The van der Waals surface area contributed by atoms with E-state index in [-0.39, 0.29) is 6.54 Å². The van der Waals surface area contributed by atoms with E-state index in [1.807, 2.05) is 12.3 Å². The SMILES string of the molecule is Cc1nc(Oc2cc(C#N)ccc2-c2csc(C(O)CN)n2)cc(N2CCOCC2)n1. The van der Waals surface area contributed by atoms with Crippen molar-refractivity contribution in [1.29, 1.82) is 5.26 Å². The number of anilines is 1. The van der Waals surface area contributed by atoms with Crippen molar-refractivity contribution in [3.63, 3.8) is 0 Å². The average molecular weight is 439 g/mol. The van der Waals surface area contributed by atoms with Crippen LogP contribution in [0.1, 0.15) is 22.5 Å². The van der Waals surface area contributed by atoms with Gasteiger partial charge in [-0.1, -0.05) is 0 Å². The summed E-state index contributed by atoms with van der Waals surface area (Å²) in [7, 11) is 0. The topological polar surface area (TPSA) is 130 Å². The van der Waals surface area contributed by atoms with Gasteiger partial charge in [-0.25, -0.2) is 9.97 Å². The Labute approximate surface area is 183 Å². The van der Waals surface area contributed by atoms with Crippen molar-refractivity contribution >= 4 is 17.2 Å². The second-order valence-electron chi connectivity index (χ2n) is 6.96. The first-order valence-corrected chi connectivity index (χ1v) is 10.7. The minimum Gasteiger partial charge on any atom is -0.438 e. The number of benzene rings is 1. The minimum atomic E-state index is -0.818. The van der Waals surface area contributed by atoms with Crippen LogP contribution in [0.2, 0.25) is 0 Å². The fraction of sp³-hybridized carbons (Fsp3) is 0.333. The van der Waals surface area contributed by atoms with E-state index in [0.717, 1.165) is 18.9 Å². The second-order valence-corrected chi connectivity index (χ2v) is 7.85. The highest BCUT2D eigenvalue weighted by molar-refractivity contribution is 7.10. The number of aryl methyl sites for hydroxylation is 1. The van der Waals surface area contributed by atoms with E-state index in [1.165, 1.54) is 11.3 Å². The van der Waals surface area contributed by atoms with Crippen LogP contribution in [0.15, 0.2) is 29.6 Å². The quantitative estimate of drug-likeness (QED) is 0.595. The third kappa shape index (κ3) is 4.81. The third-order valence-corrected chi connectivity index (χ3v) is 5.71. The van der Waals surface area contributed by atoms with Crippen molar-refractivity contribution in [3.8, 4) is 29.0 Å². The van der Waals surface area contributed by atoms with Crippen LogP contribution in [0, 0.1) is 18.3 Å². The fourth-order valence-corrected chi connectivity index (χ4v) is 4.01. The molecule has 3 aromatic rings. The molecule has 0 saturated carbocycles. The van der Waals surface area contributed by atoms with E-state index < -0.39 is 6.10 Å². The first-order valence-electron chi connectivity index (χ1n) is 9.81. The Hall–Kier alpha value is -3.10. The van der Waals surface area contributed by atoms with Gasteiger partial charge in [0.15, 0.2) is 0 Å². The van der Waals surface area contributed by atoms with Crippen molar-refractivity contribution in [2.45, 2.75) is 13.0 Å². The van der Waals surface area contributed by atoms with Gasteiger partial charge in [0.1, 0.15) is 28.5 Å². The first-order chi connectivity index (χ1) is 15.1. The molecule has 1 aliphatic rings. The van der Waals surface area contributed by atoms with Crippen molar-refractivity contribution in [2.24, 2.45) is 5.73 Å². The monoisotopic (exact) mass is 438 g/mol. The molecule has 1 atom stereocenters. The zero-order valence-electron chi connectivity index (χ0n) is 17.0. The summed E-state index contributed by atoms with van der Waals surface area (Å²) in [6.45, 7) is 4.69. The second kappa shape index (κ2) is 9.36. The molecular formula is C21H22N6O3S. The summed E-state index contributed by atoms with van der Waals surface area (Å²) in [5.41, 5.74) is 7.32. The normalized spacial score (nSPS) is 14.8. The third-order valence-electron chi connectivity index (χ3n) is 4.77. The standard InChI is InChI=1S/C21H22N6O3S/c1-13-24-19(27-4-6-29-7-5-27)9-20(25-13)30-18-8-14(10-22)2-3-15(18)16-12-31-21(26-16)17(28)11-23/h2-3,8-9,12,17,28H,4-7,11,23H2,1H3. The number of rotatable bonds is 6. The van der Waals surface area contributed by atoms with Crippen LogP contribution in [0.3, 0.4) is 0 Å². The van der Waals surface area contributed by atoms with Gasteiger partial charge in [0, 0.05) is 36.6 Å².